The van der Waals surface area contributed by atoms with E-state index >= 15 is 0 Å². The highest BCUT2D eigenvalue weighted by atomic mass is 31.2. The molecule has 3 aromatic carbocycles. The number of ether oxygens (including phenoxy) is 2. The highest BCUT2D eigenvalue weighted by Gasteiger charge is 2.65. The van der Waals surface area contributed by atoms with Crippen molar-refractivity contribution in [1.29, 1.82) is 0 Å². The summed E-state index contributed by atoms with van der Waals surface area (Å²) in [5, 5.41) is 3.94. The fourth-order valence-electron chi connectivity index (χ4n) is 4.25. The van der Waals surface area contributed by atoms with Gasteiger partial charge in [-0.1, -0.05) is 61.5 Å². The van der Waals surface area contributed by atoms with Crippen LogP contribution in [0.5, 0.6) is 0 Å². The minimum atomic E-state index is -2.21. The molecule has 0 atom stereocenters. The van der Waals surface area contributed by atoms with Gasteiger partial charge in [0.05, 0.1) is 13.2 Å². The second kappa shape index (κ2) is 7.56. The highest BCUT2D eigenvalue weighted by Crippen LogP contribution is 2.68. The van der Waals surface area contributed by atoms with Crippen LogP contribution < -0.4 is 15.9 Å². The molecule has 1 saturated heterocycles. The molecule has 0 unspecified atom stereocenters. The zero-order valence-corrected chi connectivity index (χ0v) is 16.9. The predicted molar refractivity (Wildman–Crippen MR) is 115 cm³/mol. The molecule has 2 nitrogen and oxygen atoms in total. The SMILES string of the molecule is CCc1ccccc1[P+](c1ccccc1)(c1ccccc1)C1(C)OCCO1. The summed E-state index contributed by atoms with van der Waals surface area (Å²) in [5.41, 5.74) is 0.680. The van der Waals surface area contributed by atoms with Crippen LogP contribution >= 0.6 is 7.26 Å². The van der Waals surface area contributed by atoms with Crippen LogP contribution in [0.2, 0.25) is 0 Å². The molecule has 0 saturated carbocycles. The molecule has 0 radical (unpaired) electrons. The van der Waals surface area contributed by atoms with E-state index in [-0.39, 0.29) is 0 Å². The molecular weight excluding hydrogens is 351 g/mol. The maximum Gasteiger partial charge on any atom is 0.295 e. The van der Waals surface area contributed by atoms with Crippen LogP contribution in [-0.2, 0) is 15.9 Å². The van der Waals surface area contributed by atoms with E-state index in [9.17, 15) is 0 Å². The third kappa shape index (κ3) is 2.93. The van der Waals surface area contributed by atoms with Crippen LogP contribution in [0, 0.1) is 0 Å². The van der Waals surface area contributed by atoms with Crippen LogP contribution in [0.25, 0.3) is 0 Å². The molecule has 1 heterocycles. The van der Waals surface area contributed by atoms with Crippen LogP contribution in [0.3, 0.4) is 0 Å². The summed E-state index contributed by atoms with van der Waals surface area (Å²) in [6.45, 7) is 5.63. The molecule has 138 valence electrons. The molecule has 1 aliphatic rings. The molecule has 0 aromatic heterocycles. The summed E-state index contributed by atoms with van der Waals surface area (Å²) < 4.78 is 12.8. The first-order chi connectivity index (χ1) is 13.2. The van der Waals surface area contributed by atoms with E-state index in [4.69, 9.17) is 9.47 Å². The fraction of sp³-hybridized carbons (Fsp3) is 0.250. The van der Waals surface area contributed by atoms with E-state index in [1.807, 2.05) is 0 Å². The summed E-state index contributed by atoms with van der Waals surface area (Å²) in [7, 11) is -2.21. The van der Waals surface area contributed by atoms with Gasteiger partial charge in [0.15, 0.2) is 7.26 Å². The third-order valence-corrected chi connectivity index (χ3v) is 10.2. The van der Waals surface area contributed by atoms with E-state index in [2.05, 4.69) is 98.8 Å². The van der Waals surface area contributed by atoms with Crippen LogP contribution in [0.4, 0.5) is 0 Å². The van der Waals surface area contributed by atoms with Crippen molar-refractivity contribution >= 4 is 23.2 Å². The van der Waals surface area contributed by atoms with Gasteiger partial charge in [0.2, 0.25) is 0 Å². The first kappa shape index (κ1) is 18.4. The van der Waals surface area contributed by atoms with Crippen LogP contribution in [0.1, 0.15) is 19.4 Å². The smallest absolute Gasteiger partial charge is 0.295 e. The van der Waals surface area contributed by atoms with E-state index in [0.29, 0.717) is 13.2 Å². The van der Waals surface area contributed by atoms with Crippen molar-refractivity contribution in [3.63, 3.8) is 0 Å². The van der Waals surface area contributed by atoms with E-state index < -0.39 is 12.8 Å². The molecule has 0 N–H and O–H groups in total. The molecule has 1 fully saturated rings. The molecule has 27 heavy (non-hydrogen) atoms. The standard InChI is InChI=1S/C24H26O2P/c1-3-20-12-10-11-17-23(20)27(21-13-6-4-7-14-21,22-15-8-5-9-16-22)24(2)25-18-19-26-24/h4-17H,3,18-19H2,1-2H3/q+1. The fourth-order valence-corrected chi connectivity index (χ4v) is 9.26. The molecule has 0 aliphatic carbocycles. The molecule has 4 rings (SSSR count). The van der Waals surface area contributed by atoms with Gasteiger partial charge in [0, 0.05) is 6.92 Å². The van der Waals surface area contributed by atoms with Crippen LogP contribution in [0.15, 0.2) is 84.9 Å². The van der Waals surface area contributed by atoms with Gasteiger partial charge in [0.1, 0.15) is 15.9 Å². The number of aryl methyl sites for hydroxylation is 1. The van der Waals surface area contributed by atoms with Gasteiger partial charge in [0.25, 0.3) is 5.53 Å². The average molecular weight is 377 g/mol. The summed E-state index contributed by atoms with van der Waals surface area (Å²) in [4.78, 5) is 0. The summed E-state index contributed by atoms with van der Waals surface area (Å²) >= 11 is 0. The second-order valence-corrected chi connectivity index (χ2v) is 10.6. The van der Waals surface area contributed by atoms with Crippen molar-refractivity contribution in [1.82, 2.24) is 0 Å². The van der Waals surface area contributed by atoms with Crippen molar-refractivity contribution in [3.8, 4) is 0 Å². The van der Waals surface area contributed by atoms with Crippen molar-refractivity contribution in [2.75, 3.05) is 13.2 Å². The quantitative estimate of drug-likeness (QED) is 0.619. The Balaban J connectivity index is 2.13. The van der Waals surface area contributed by atoms with Crippen molar-refractivity contribution in [2.24, 2.45) is 0 Å². The Hall–Kier alpha value is -1.99. The normalized spacial score (nSPS) is 16.4. The lowest BCUT2D eigenvalue weighted by molar-refractivity contribution is -0.0659. The largest absolute Gasteiger partial charge is 0.316 e. The number of rotatable bonds is 5. The van der Waals surface area contributed by atoms with Gasteiger partial charge in [-0.2, -0.15) is 0 Å². The number of hydrogen-bond acceptors (Lipinski definition) is 2. The Morgan fingerprint density at radius 2 is 1.22 bits per heavy atom. The monoisotopic (exact) mass is 377 g/mol. The minimum Gasteiger partial charge on any atom is -0.316 e. The van der Waals surface area contributed by atoms with Gasteiger partial charge in [-0.15, -0.1) is 0 Å². The van der Waals surface area contributed by atoms with Crippen molar-refractivity contribution in [2.45, 2.75) is 25.8 Å². The van der Waals surface area contributed by atoms with Gasteiger partial charge in [-0.25, -0.2) is 0 Å². The first-order valence-electron chi connectivity index (χ1n) is 9.59. The van der Waals surface area contributed by atoms with Crippen LogP contribution in [-0.4, -0.2) is 18.7 Å². The molecule has 0 bridgehead atoms. The predicted octanol–water partition coefficient (Wildman–Crippen LogP) is 4.26. The zero-order chi connectivity index (χ0) is 18.7. The maximum absolute atomic E-state index is 6.40. The molecule has 0 amide bonds. The lowest BCUT2D eigenvalue weighted by Crippen LogP contribution is -2.47. The Kier molecular flexibility index (Phi) is 5.14. The lowest BCUT2D eigenvalue weighted by atomic mass is 10.2. The van der Waals surface area contributed by atoms with E-state index in [0.717, 1.165) is 6.42 Å². The summed E-state index contributed by atoms with van der Waals surface area (Å²) in [5.74, 6) is 0. The van der Waals surface area contributed by atoms with Gasteiger partial charge in [-0.3, -0.25) is 0 Å². The number of benzene rings is 3. The Labute approximate surface area is 162 Å². The topological polar surface area (TPSA) is 18.5 Å². The molecular formula is C24H26O2P+. The Bertz CT molecular complexity index is 847. The summed E-state index contributed by atoms with van der Waals surface area (Å²) in [6, 6.07) is 30.4. The molecule has 3 heteroatoms. The highest BCUT2D eigenvalue weighted by molar-refractivity contribution is 7.96. The minimum absolute atomic E-state index is 0.631. The zero-order valence-electron chi connectivity index (χ0n) is 16.0. The first-order valence-corrected chi connectivity index (χ1v) is 11.4. The van der Waals surface area contributed by atoms with Crippen molar-refractivity contribution in [3.05, 3.63) is 90.5 Å². The molecule has 3 aromatic rings. The second-order valence-electron chi connectivity index (χ2n) is 6.92. The van der Waals surface area contributed by atoms with Gasteiger partial charge >= 0.3 is 0 Å². The maximum atomic E-state index is 6.40. The van der Waals surface area contributed by atoms with Crippen molar-refractivity contribution < 1.29 is 9.47 Å². The van der Waals surface area contributed by atoms with Gasteiger partial charge in [-0.05, 0) is 42.3 Å². The lowest BCUT2D eigenvalue weighted by Gasteiger charge is -2.38. The Morgan fingerprint density at radius 1 is 0.741 bits per heavy atom. The average Bonchev–Trinajstić information content (AvgIpc) is 3.18. The molecule has 0 spiro atoms. The summed E-state index contributed by atoms with van der Waals surface area (Å²) in [6.07, 6.45) is 0.980. The molecule has 1 aliphatic heterocycles. The van der Waals surface area contributed by atoms with E-state index in [1.54, 1.807) is 0 Å². The Morgan fingerprint density at radius 3 is 1.74 bits per heavy atom. The number of hydrogen-bond donors (Lipinski definition) is 0. The van der Waals surface area contributed by atoms with Gasteiger partial charge < -0.3 is 9.47 Å². The van der Waals surface area contributed by atoms with E-state index in [1.165, 1.54) is 21.5 Å². The third-order valence-electron chi connectivity index (χ3n) is 5.45.